The van der Waals surface area contributed by atoms with E-state index in [4.69, 9.17) is 0 Å². The molecule has 0 aromatic carbocycles. The fourth-order valence-electron chi connectivity index (χ4n) is 42.0. The third kappa shape index (κ3) is 27.4. The van der Waals surface area contributed by atoms with Crippen LogP contribution in [0.5, 0.6) is 0 Å². The maximum absolute atomic E-state index is 1.62. The maximum Gasteiger partial charge on any atom is -0.0329 e. The van der Waals surface area contributed by atoms with Gasteiger partial charge in [0.05, 0.1) is 0 Å². The van der Waals surface area contributed by atoms with Crippen molar-refractivity contribution in [3.8, 4) is 0 Å². The lowest BCUT2D eigenvalue weighted by atomic mass is 9.54. The third-order valence-electron chi connectivity index (χ3n) is 50.1. The van der Waals surface area contributed by atoms with Crippen LogP contribution in [0.25, 0.3) is 0 Å². The van der Waals surface area contributed by atoms with E-state index in [9.17, 15) is 0 Å². The molecule has 0 bridgehead atoms. The van der Waals surface area contributed by atoms with Crippen LogP contribution in [-0.2, 0) is 0 Å². The van der Waals surface area contributed by atoms with Gasteiger partial charge in [0.15, 0.2) is 0 Å². The zero-order chi connectivity index (χ0) is 88.4. The summed E-state index contributed by atoms with van der Waals surface area (Å²) >= 11 is 0. The predicted molar refractivity (Wildman–Crippen MR) is 567 cm³/mol. The maximum atomic E-state index is 1.62. The lowest BCUT2D eigenvalue weighted by Gasteiger charge is -2.51. The largest absolute Gasteiger partial charge is 0.0533 e. The van der Waals surface area contributed by atoms with Crippen LogP contribution in [0.3, 0.4) is 0 Å². The molecule has 0 N–H and O–H groups in total. The Morgan fingerprint density at radius 2 is 0.197 bits per heavy atom. The van der Waals surface area contributed by atoms with E-state index in [1.54, 1.807) is 488 Å². The highest BCUT2D eigenvalue weighted by Gasteiger charge is 2.52. The molecule has 0 aromatic rings. The Morgan fingerprint density at radius 3 is 0.470 bits per heavy atom. The molecular formula is C132H226. The summed E-state index contributed by atoms with van der Waals surface area (Å²) in [6.45, 7) is 0. The molecule has 0 amide bonds. The molecule has 0 radical (unpaired) electrons. The second-order valence-corrected chi connectivity index (χ2v) is 57.0. The lowest BCUT2D eigenvalue weighted by Crippen LogP contribution is -2.43. The molecule has 0 spiro atoms. The monoisotopic (exact) mass is 1810 g/mol. The quantitative estimate of drug-likeness (QED) is 0.227. The highest BCUT2D eigenvalue weighted by atomic mass is 14.6. The van der Waals surface area contributed by atoms with Crippen LogP contribution >= 0.6 is 0 Å². The van der Waals surface area contributed by atoms with Gasteiger partial charge in [-0.3, -0.25) is 0 Å². The molecule has 32 rings (SSSR count). The molecule has 32 unspecified atom stereocenters. The lowest BCUT2D eigenvalue weighted by molar-refractivity contribution is -0.0184. The average Bonchev–Trinajstić information content (AvgIpc) is 1.41. The number of fused-ring (bicyclic) bond motifs is 21. The van der Waals surface area contributed by atoms with Crippen LogP contribution in [0.4, 0.5) is 0 Å². The fraction of sp³-hybridized carbons (Fsp3) is 1.00. The normalized spacial score (nSPS) is 48.2. The van der Waals surface area contributed by atoms with Crippen LogP contribution in [0, 0.1) is 225 Å². The molecule has 754 valence electrons. The molecule has 0 heterocycles. The zero-order valence-corrected chi connectivity index (χ0v) is 88.4. The molecule has 132 heavy (non-hydrogen) atoms. The number of hydrogen-bond donors (Lipinski definition) is 0. The highest BCUT2D eigenvalue weighted by molar-refractivity contribution is 5.03. The van der Waals surface area contributed by atoms with Gasteiger partial charge in [0.1, 0.15) is 0 Å². The minimum atomic E-state index is 1.14. The summed E-state index contributed by atoms with van der Waals surface area (Å²) in [6.07, 6.45) is 147. The fourth-order valence-corrected chi connectivity index (χ4v) is 42.0. The first kappa shape index (κ1) is 99.3. The van der Waals surface area contributed by atoms with Crippen molar-refractivity contribution in [1.29, 1.82) is 0 Å². The second-order valence-electron chi connectivity index (χ2n) is 57.0. The van der Waals surface area contributed by atoms with E-state index in [0.29, 0.717) is 0 Å². The van der Waals surface area contributed by atoms with Gasteiger partial charge in [-0.1, -0.05) is 456 Å². The van der Waals surface area contributed by atoms with Gasteiger partial charge in [0, 0.05) is 0 Å². The van der Waals surface area contributed by atoms with Gasteiger partial charge in [-0.15, -0.1) is 0 Å². The minimum absolute atomic E-state index is 1.14. The van der Waals surface area contributed by atoms with Crippen molar-refractivity contribution in [1.82, 2.24) is 0 Å². The number of hydrogen-bond acceptors (Lipinski definition) is 0. The Kier molecular flexibility index (Phi) is 38.5. The van der Waals surface area contributed by atoms with Crippen molar-refractivity contribution in [2.45, 2.75) is 604 Å². The molecule has 0 aliphatic heterocycles. The summed E-state index contributed by atoms with van der Waals surface area (Å²) < 4.78 is 0. The van der Waals surface area contributed by atoms with Gasteiger partial charge in [0.2, 0.25) is 0 Å². The second kappa shape index (κ2) is 51.2. The van der Waals surface area contributed by atoms with E-state index >= 15 is 0 Å². The van der Waals surface area contributed by atoms with Gasteiger partial charge in [-0.25, -0.2) is 0 Å². The van der Waals surface area contributed by atoms with Crippen molar-refractivity contribution in [3.63, 3.8) is 0 Å². The molecule has 32 fully saturated rings. The molecule has 32 atom stereocenters. The predicted octanol–water partition coefficient (Wildman–Crippen LogP) is 41.3. The Labute approximate surface area is 822 Å². The molecule has 32 aliphatic rings. The SMILES string of the molecule is C1CC2CC12.C1CC2CC2C1.C1CC2CCC2C1.C1CC2CCCC2C1.C1CC2CCCC3CCC(C1)C23.C1CCC2C(C1)CCC1C3CCCC3CCC21.C1CCC2C(C1)CCC1CCCCC12.C1CCC2C(C1)CCCC1CC12.C1CCC2CC2C1.C1CCC2CC3CCCCC3CC2C1.C1CCC2CCCC2C1.C1CCC2CCCCC2C1.C1CCC2CCCCC2CC1. The first-order valence-electron chi connectivity index (χ1n) is 65.4. The first-order chi connectivity index (χ1) is 65.4. The smallest absolute Gasteiger partial charge is 0.0329 e. The molecular weight excluding hydrogens is 1590 g/mol. The van der Waals surface area contributed by atoms with Gasteiger partial charge in [-0.05, 0) is 373 Å². The molecule has 0 heteroatoms. The van der Waals surface area contributed by atoms with Crippen molar-refractivity contribution in [3.05, 3.63) is 0 Å². The number of rotatable bonds is 0. The summed E-state index contributed by atoms with van der Waals surface area (Å²) in [5.74, 6) is 44.7. The molecule has 0 saturated heterocycles. The Morgan fingerprint density at radius 1 is 0.0606 bits per heavy atom. The minimum Gasteiger partial charge on any atom is -0.0533 e. The summed E-state index contributed by atoms with van der Waals surface area (Å²) in [7, 11) is 0. The summed E-state index contributed by atoms with van der Waals surface area (Å²) in [6, 6.07) is 0. The topological polar surface area (TPSA) is 0 Å². The Hall–Kier alpha value is 0. The average molecular weight is 1810 g/mol. The molecule has 0 aromatic heterocycles. The van der Waals surface area contributed by atoms with Crippen LogP contribution in [0.2, 0.25) is 0 Å². The van der Waals surface area contributed by atoms with E-state index in [2.05, 4.69) is 0 Å². The van der Waals surface area contributed by atoms with E-state index < -0.39 is 0 Å². The van der Waals surface area contributed by atoms with Gasteiger partial charge < -0.3 is 0 Å². The van der Waals surface area contributed by atoms with Crippen LogP contribution in [0.1, 0.15) is 604 Å². The standard InChI is InChI=1S/C17H28.2C14H24.2C12H20.C11H20.C10H18.C9H16.C8H14.2C7H12.C6H10.C5H8/c1-2-6-14-12(4-1)8-10-17-15-7-3-5-13(15)9-11-16(14)17;1-3-7-13-11(5-1)9-10-12-6-2-4-8-14(12)13;1-2-6-12-10-14-8-4-3-7-13(14)9-11(12)5-1;1-3-9-4-2-6-11-8-7-10(5-1)12(9)11;1-2-7-11-9(4-1)5-3-6-10-8-12(10)11;1-2-6-10-8-4-5-9-11(10)7-3-1;1-2-6-10-8-4-3-7-9(10)5-1;1-2-5-9-7-3-6-8(9)4-1;1-3-7-5-2-6-8(7)4-1;1-2-6-4-5-7(6)3-1;1-2-4-7-5-6(7)3-1;1-2-5-4-6(5)3-1;1-2-5-3-4(1)5/h12-17H,1-11H2;2*11-14H,1-10H2;2*9-12H,1-8H2;10-11H,1-9H2;9-10H,1-8H2;8-9H,1-7H2;7-8H,1-6H2;2*6-7H,1-5H2;5-6H,1-4H2;4-5H,1-3H2. The van der Waals surface area contributed by atoms with Gasteiger partial charge >= 0.3 is 0 Å². The van der Waals surface area contributed by atoms with E-state index in [0.717, 1.165) is 76.9 Å². The van der Waals surface area contributed by atoms with Crippen LogP contribution in [-0.4, -0.2) is 0 Å². The molecule has 0 nitrogen and oxygen atoms in total. The van der Waals surface area contributed by atoms with E-state index in [-0.39, 0.29) is 0 Å². The van der Waals surface area contributed by atoms with Crippen molar-refractivity contribution < 1.29 is 0 Å². The van der Waals surface area contributed by atoms with Crippen LogP contribution < -0.4 is 0 Å². The van der Waals surface area contributed by atoms with Crippen LogP contribution in [0.15, 0.2) is 0 Å². The van der Waals surface area contributed by atoms with Crippen molar-refractivity contribution in [2.24, 2.45) is 225 Å². The first-order valence-corrected chi connectivity index (χ1v) is 65.4. The molecule has 32 saturated carbocycles. The molecule has 32 aliphatic carbocycles. The third-order valence-corrected chi connectivity index (χ3v) is 50.1. The Bertz CT molecular complexity index is 3000. The summed E-state index contributed by atoms with van der Waals surface area (Å²) in [4.78, 5) is 0. The van der Waals surface area contributed by atoms with E-state index in [1.807, 2.05) is 0 Å². The summed E-state index contributed by atoms with van der Waals surface area (Å²) in [5.41, 5.74) is 0. The van der Waals surface area contributed by atoms with Gasteiger partial charge in [0.25, 0.3) is 0 Å². The van der Waals surface area contributed by atoms with Gasteiger partial charge in [-0.2, -0.15) is 0 Å². The highest BCUT2D eigenvalue weighted by Crippen LogP contribution is 2.63. The summed E-state index contributed by atoms with van der Waals surface area (Å²) in [5, 5.41) is 0. The van der Waals surface area contributed by atoms with E-state index in [1.165, 1.54) is 264 Å². The zero-order valence-electron chi connectivity index (χ0n) is 88.4. The van der Waals surface area contributed by atoms with Crippen molar-refractivity contribution in [2.75, 3.05) is 0 Å². The Balaban J connectivity index is 0.0000000901. The van der Waals surface area contributed by atoms with Crippen molar-refractivity contribution >= 4 is 0 Å².